The van der Waals surface area contributed by atoms with Gasteiger partial charge in [0.2, 0.25) is 0 Å². The number of rotatable bonds is 10. The average molecular weight is 556 g/mol. The highest BCUT2D eigenvalue weighted by Gasteiger charge is 2.56. The monoisotopic (exact) mass is 555 g/mol. The second-order valence-electron chi connectivity index (χ2n) is 11.5. The van der Waals surface area contributed by atoms with Crippen LogP contribution in [0.1, 0.15) is 64.7 Å². The number of anilines is 3. The van der Waals surface area contributed by atoms with Crippen molar-refractivity contribution in [3.8, 4) is 5.75 Å². The summed E-state index contributed by atoms with van der Waals surface area (Å²) >= 11 is 1.52. The Morgan fingerprint density at radius 2 is 1.90 bits per heavy atom. The van der Waals surface area contributed by atoms with Crippen molar-refractivity contribution in [3.63, 3.8) is 0 Å². The molecular weight excluding hydrogens is 510 g/mol. The van der Waals surface area contributed by atoms with Crippen LogP contribution in [0.4, 0.5) is 17.1 Å². The van der Waals surface area contributed by atoms with Crippen LogP contribution in [0.25, 0.3) is 5.70 Å². The Labute approximate surface area is 237 Å². The number of benzene rings is 2. The summed E-state index contributed by atoms with van der Waals surface area (Å²) in [5.74, 6) is 7.21. The van der Waals surface area contributed by atoms with Crippen LogP contribution in [0, 0.1) is 6.92 Å². The minimum Gasteiger partial charge on any atom is -0.492 e. The number of allylic oxidation sites excluding steroid dienone is 1. The Kier molecular flexibility index (Phi) is 9.22. The quantitative estimate of drug-likeness (QED) is 0.139. The molecule has 0 aliphatic carbocycles. The summed E-state index contributed by atoms with van der Waals surface area (Å²) in [5.41, 5.74) is 11.0. The van der Waals surface area contributed by atoms with Crippen molar-refractivity contribution >= 4 is 34.7 Å². The zero-order chi connectivity index (χ0) is 29.2. The first-order valence-corrected chi connectivity index (χ1v) is 14.4. The summed E-state index contributed by atoms with van der Waals surface area (Å²) in [6.45, 7) is 14.4. The van der Waals surface area contributed by atoms with E-state index < -0.39 is 11.2 Å². The van der Waals surface area contributed by atoms with E-state index in [1.54, 1.807) is 27.2 Å². The van der Waals surface area contributed by atoms with Crippen LogP contribution in [0.15, 0.2) is 48.3 Å². The van der Waals surface area contributed by atoms with Gasteiger partial charge in [0.15, 0.2) is 11.4 Å². The summed E-state index contributed by atoms with van der Waals surface area (Å²) in [4.78, 5) is 0. The lowest BCUT2D eigenvalue weighted by atomic mass is 9.78. The number of aliphatic hydroxyl groups is 1. The van der Waals surface area contributed by atoms with Gasteiger partial charge in [-0.15, -0.1) is 0 Å². The van der Waals surface area contributed by atoms with E-state index in [1.807, 2.05) is 25.3 Å². The van der Waals surface area contributed by atoms with Crippen LogP contribution >= 0.6 is 11.9 Å². The second-order valence-corrected chi connectivity index (χ2v) is 12.1. The predicted molar refractivity (Wildman–Crippen MR) is 166 cm³/mol. The lowest BCUT2D eigenvalue weighted by molar-refractivity contribution is -0.269. The summed E-state index contributed by atoms with van der Waals surface area (Å²) in [6, 6.07) is 10.4. The Balaban J connectivity index is 2.03. The number of aryl methyl sites for hydroxylation is 1. The molecule has 8 nitrogen and oxygen atoms in total. The molecule has 1 atom stereocenters. The van der Waals surface area contributed by atoms with E-state index in [4.69, 9.17) is 21.1 Å². The molecule has 2 aromatic rings. The van der Waals surface area contributed by atoms with Gasteiger partial charge in [-0.3, -0.25) is 5.01 Å². The highest BCUT2D eigenvalue weighted by atomic mass is 32.2. The molecule has 1 aliphatic heterocycles. The van der Waals surface area contributed by atoms with Crippen molar-refractivity contribution in [1.82, 2.24) is 0 Å². The number of methoxy groups -OCH3 is 1. The third-order valence-electron chi connectivity index (χ3n) is 7.24. The lowest BCUT2D eigenvalue weighted by Crippen LogP contribution is -2.68. The van der Waals surface area contributed by atoms with Crippen LogP contribution in [0.2, 0.25) is 0 Å². The molecule has 9 heteroatoms. The predicted octanol–water partition coefficient (Wildman–Crippen LogP) is 5.87. The van der Waals surface area contributed by atoms with Gasteiger partial charge in [0, 0.05) is 18.2 Å². The fraction of sp³-hybridized carbons (Fsp3) is 0.467. The van der Waals surface area contributed by atoms with Gasteiger partial charge in [0.05, 0.1) is 42.1 Å². The van der Waals surface area contributed by atoms with Crippen molar-refractivity contribution in [2.24, 2.45) is 11.6 Å². The van der Waals surface area contributed by atoms with Crippen LogP contribution in [0.3, 0.4) is 0 Å². The summed E-state index contributed by atoms with van der Waals surface area (Å²) < 4.78 is 14.7. The van der Waals surface area contributed by atoms with Gasteiger partial charge in [-0.2, -0.15) is 0 Å². The number of nitrogens with two attached hydrogens (primary N) is 2. The molecule has 1 fully saturated rings. The lowest BCUT2D eigenvalue weighted by Gasteiger charge is -2.52. The number of hydrogen-bond donors (Lipinski definition) is 5. The molecule has 7 N–H and O–H groups in total. The van der Waals surface area contributed by atoms with E-state index in [2.05, 4.69) is 62.0 Å². The Morgan fingerprint density at radius 1 is 1.23 bits per heavy atom. The van der Waals surface area contributed by atoms with E-state index in [-0.39, 0.29) is 17.7 Å². The maximum absolute atomic E-state index is 11.0. The first-order chi connectivity index (χ1) is 18.2. The second kappa shape index (κ2) is 11.7. The highest BCUT2D eigenvalue weighted by Crippen LogP contribution is 2.42. The number of nitrogens with one attached hydrogen (secondary N) is 2. The maximum Gasteiger partial charge on any atom is 0.166 e. The molecule has 1 unspecified atom stereocenters. The van der Waals surface area contributed by atoms with Gasteiger partial charge in [-0.1, -0.05) is 57.9 Å². The zero-order valence-electron chi connectivity index (χ0n) is 24.7. The highest BCUT2D eigenvalue weighted by molar-refractivity contribution is 7.99. The van der Waals surface area contributed by atoms with Gasteiger partial charge in [-0.25, -0.2) is 5.84 Å². The number of hydrogen-bond acceptors (Lipinski definition) is 9. The third-order valence-corrected chi connectivity index (χ3v) is 7.66. The molecule has 214 valence electrons. The molecule has 1 aliphatic rings. The van der Waals surface area contributed by atoms with Gasteiger partial charge in [0.25, 0.3) is 0 Å². The Bertz CT molecular complexity index is 1250. The van der Waals surface area contributed by atoms with Crippen molar-refractivity contribution in [3.05, 3.63) is 65.0 Å². The van der Waals surface area contributed by atoms with E-state index in [9.17, 15) is 5.11 Å². The number of ether oxygens (including phenoxy) is 2. The molecule has 0 saturated carbocycles. The average Bonchev–Trinajstić information content (AvgIpc) is 2.87. The van der Waals surface area contributed by atoms with Gasteiger partial charge in [-0.05, 0) is 67.5 Å². The fourth-order valence-electron chi connectivity index (χ4n) is 4.46. The Hall–Kier alpha value is -2.85. The van der Waals surface area contributed by atoms with E-state index in [1.165, 1.54) is 22.5 Å². The van der Waals surface area contributed by atoms with Crippen molar-refractivity contribution in [2.45, 2.75) is 71.5 Å². The number of nitrogens with zero attached hydrogens (tertiary/aromatic N) is 1. The topological polar surface area (TPSA) is 118 Å². The summed E-state index contributed by atoms with van der Waals surface area (Å²) in [5, 5.41) is 16.1. The van der Waals surface area contributed by atoms with Crippen molar-refractivity contribution in [2.75, 3.05) is 35.0 Å². The molecule has 1 heterocycles. The van der Waals surface area contributed by atoms with E-state index in [0.717, 1.165) is 46.1 Å². The molecule has 3 rings (SSSR count). The summed E-state index contributed by atoms with van der Waals surface area (Å²) in [7, 11) is 1.68. The smallest absolute Gasteiger partial charge is 0.166 e. The van der Waals surface area contributed by atoms with E-state index in [0.29, 0.717) is 0 Å². The largest absolute Gasteiger partial charge is 0.492 e. The fourth-order valence-corrected chi connectivity index (χ4v) is 4.83. The molecule has 39 heavy (non-hydrogen) atoms. The molecule has 0 amide bonds. The molecule has 0 bridgehead atoms. The van der Waals surface area contributed by atoms with Crippen LogP contribution in [0.5, 0.6) is 5.75 Å². The first-order valence-electron chi connectivity index (χ1n) is 13.2. The zero-order valence-corrected chi connectivity index (χ0v) is 25.5. The van der Waals surface area contributed by atoms with Gasteiger partial charge < -0.3 is 30.4 Å². The third kappa shape index (κ3) is 6.32. The van der Waals surface area contributed by atoms with E-state index >= 15 is 0 Å². The minimum atomic E-state index is -1.28. The SMILES string of the molecule is CCC=C(Nc1cc(C(C)(C)C)cc(NSC)c1OC)c1ccc(C)c(N(N)/C=C(\N)C2(O)COC2(C)C)c1. The summed E-state index contributed by atoms with van der Waals surface area (Å²) in [6.07, 6.45) is 6.53. The Morgan fingerprint density at radius 3 is 2.41 bits per heavy atom. The van der Waals surface area contributed by atoms with Crippen molar-refractivity contribution in [1.29, 1.82) is 0 Å². The molecule has 0 spiro atoms. The molecule has 1 saturated heterocycles. The van der Waals surface area contributed by atoms with Gasteiger partial charge >= 0.3 is 0 Å². The molecule has 0 aromatic heterocycles. The molecule has 2 aromatic carbocycles. The van der Waals surface area contributed by atoms with Crippen molar-refractivity contribution < 1.29 is 14.6 Å². The number of hydrazine groups is 1. The van der Waals surface area contributed by atoms with Gasteiger partial charge in [0.1, 0.15) is 0 Å². The van der Waals surface area contributed by atoms with Crippen LogP contribution in [-0.2, 0) is 10.2 Å². The molecule has 0 radical (unpaired) electrons. The first kappa shape index (κ1) is 30.7. The van der Waals surface area contributed by atoms with Crippen LogP contribution < -0.4 is 31.4 Å². The van der Waals surface area contributed by atoms with Crippen LogP contribution in [-0.4, -0.2) is 36.3 Å². The standard InChI is InChI=1S/C30H45N5O3S/c1-10-11-22(33-23-15-21(28(3,4)5)16-24(34-39-9)27(23)37-8)20-13-12-19(2)25(14-20)35(32)17-26(31)30(36)18-38-29(30,6)7/h11-17,33-34,36H,10,18,31-32H2,1-9H3/b22-11?,26-17-. The molecular formula is C30H45N5O3S. The maximum atomic E-state index is 11.0. The minimum absolute atomic E-state index is 0.0559. The normalized spacial score (nSPS) is 19.4.